The van der Waals surface area contributed by atoms with Crippen LogP contribution in [0.2, 0.25) is 0 Å². The van der Waals surface area contributed by atoms with Gasteiger partial charge in [-0.2, -0.15) is 26.3 Å². The van der Waals surface area contributed by atoms with E-state index >= 15 is 0 Å². The molecule has 0 bridgehead atoms. The van der Waals surface area contributed by atoms with Gasteiger partial charge in [-0.3, -0.25) is 0 Å². The molecular formula is C10H6F9NO3S2. The van der Waals surface area contributed by atoms with Crippen molar-refractivity contribution in [1.29, 1.82) is 0 Å². The molecule has 0 spiro atoms. The van der Waals surface area contributed by atoms with Gasteiger partial charge in [0.05, 0.1) is 18.2 Å². The van der Waals surface area contributed by atoms with Gasteiger partial charge in [-0.25, -0.2) is 4.84 Å². The second-order valence-electron chi connectivity index (χ2n) is 4.09. The summed E-state index contributed by atoms with van der Waals surface area (Å²) in [4.78, 5) is 2.62. The lowest BCUT2D eigenvalue weighted by Crippen LogP contribution is -2.43. The van der Waals surface area contributed by atoms with Crippen LogP contribution in [-0.2, 0) is 39.9 Å². The molecule has 0 heterocycles. The lowest BCUT2D eigenvalue weighted by molar-refractivity contribution is -0.143. The average Bonchev–Trinajstić information content (AvgIpc) is 2.44. The standard InChI is InChI=1S/C10H6F9NO3S2/c1-23-20(25(22)10(17,18)19)24(21)7-3-5(8(11,12)13)2-6(4-7)9(14,15)16/h2-4H,1H3. The van der Waals surface area contributed by atoms with Crippen molar-refractivity contribution in [3.63, 3.8) is 0 Å². The number of rotatable bonds is 4. The zero-order chi connectivity index (χ0) is 19.8. The number of hydrogen-bond acceptors (Lipinski definition) is 4. The van der Waals surface area contributed by atoms with E-state index in [1.54, 1.807) is 0 Å². The molecule has 1 aromatic rings. The van der Waals surface area contributed by atoms with Crippen molar-refractivity contribution in [2.45, 2.75) is 22.8 Å². The first-order chi connectivity index (χ1) is 11.1. The zero-order valence-corrected chi connectivity index (χ0v) is 13.3. The van der Waals surface area contributed by atoms with E-state index in [9.17, 15) is 48.6 Å². The van der Waals surface area contributed by atoms with Gasteiger partial charge >= 0.3 is 17.9 Å². The fraction of sp³-hybridized carbons (Fsp3) is 0.400. The summed E-state index contributed by atoms with van der Waals surface area (Å²) in [6.07, 6.45) is -10.6. The second-order valence-corrected chi connectivity index (χ2v) is 6.92. The molecule has 1 rings (SSSR count). The normalized spacial score (nSPS) is 16.2. The van der Waals surface area contributed by atoms with Crippen molar-refractivity contribution in [3.8, 4) is 0 Å². The van der Waals surface area contributed by atoms with Crippen LogP contribution in [0.15, 0.2) is 23.1 Å². The molecule has 0 aliphatic rings. The van der Waals surface area contributed by atoms with Crippen LogP contribution in [-0.4, -0.2) is 25.6 Å². The van der Waals surface area contributed by atoms with E-state index in [4.69, 9.17) is 0 Å². The third-order valence-corrected chi connectivity index (χ3v) is 5.07. The van der Waals surface area contributed by atoms with E-state index in [1.165, 1.54) is 0 Å². The molecule has 0 aromatic heterocycles. The predicted molar refractivity (Wildman–Crippen MR) is 65.9 cm³/mol. The monoisotopic (exact) mass is 423 g/mol. The molecule has 4 nitrogen and oxygen atoms in total. The van der Waals surface area contributed by atoms with Crippen molar-refractivity contribution in [1.82, 2.24) is 3.87 Å². The van der Waals surface area contributed by atoms with Gasteiger partial charge in [0, 0.05) is 12.1 Å². The number of benzene rings is 1. The SMILES string of the molecule is CON([S+]([O-])c1cc(C(F)(F)F)cc(C(F)(F)F)c1)[S+]([O-])C(F)(F)F. The topological polar surface area (TPSA) is 58.6 Å². The molecule has 0 saturated carbocycles. The van der Waals surface area contributed by atoms with Gasteiger partial charge in [-0.05, 0) is 6.07 Å². The quantitative estimate of drug-likeness (QED) is 0.420. The Morgan fingerprint density at radius 1 is 0.840 bits per heavy atom. The molecule has 144 valence electrons. The number of halogens is 9. The largest absolute Gasteiger partial charge is 0.600 e. The zero-order valence-electron chi connectivity index (χ0n) is 11.6. The summed E-state index contributed by atoms with van der Waals surface area (Å²) < 4.78 is 135. The molecule has 0 aliphatic heterocycles. The fourth-order valence-corrected chi connectivity index (χ4v) is 3.47. The van der Waals surface area contributed by atoms with E-state index in [0.29, 0.717) is 7.11 Å². The highest BCUT2D eigenvalue weighted by Crippen LogP contribution is 2.39. The van der Waals surface area contributed by atoms with Crippen LogP contribution < -0.4 is 0 Å². The van der Waals surface area contributed by atoms with Crippen molar-refractivity contribution in [2.75, 3.05) is 7.11 Å². The smallest absolute Gasteiger partial charge is 0.587 e. The highest BCUT2D eigenvalue weighted by Gasteiger charge is 2.56. The van der Waals surface area contributed by atoms with Gasteiger partial charge in [0.15, 0.2) is 16.3 Å². The van der Waals surface area contributed by atoms with Gasteiger partial charge < -0.3 is 9.11 Å². The third kappa shape index (κ3) is 5.55. The molecule has 2 unspecified atom stereocenters. The van der Waals surface area contributed by atoms with Crippen molar-refractivity contribution < 1.29 is 53.5 Å². The third-order valence-electron chi connectivity index (χ3n) is 2.38. The van der Waals surface area contributed by atoms with Gasteiger partial charge in [0.25, 0.3) is 0 Å². The Morgan fingerprint density at radius 3 is 1.52 bits per heavy atom. The Bertz CT molecular complexity index is 573. The summed E-state index contributed by atoms with van der Waals surface area (Å²) in [5, 5.41) is 0. The van der Waals surface area contributed by atoms with Crippen LogP contribution in [0.4, 0.5) is 39.5 Å². The first-order valence-electron chi connectivity index (χ1n) is 5.63. The Kier molecular flexibility index (Phi) is 6.56. The maximum absolute atomic E-state index is 12.7. The summed E-state index contributed by atoms with van der Waals surface area (Å²) in [7, 11) is 0.458. The fourth-order valence-electron chi connectivity index (χ4n) is 1.39. The molecule has 0 saturated heterocycles. The van der Waals surface area contributed by atoms with E-state index in [0.717, 1.165) is 0 Å². The van der Waals surface area contributed by atoms with Crippen LogP contribution in [0.3, 0.4) is 0 Å². The number of hydrogen-bond donors (Lipinski definition) is 0. The maximum Gasteiger partial charge on any atom is 0.600 e. The molecular weight excluding hydrogens is 417 g/mol. The Hall–Kier alpha value is -0.870. The highest BCUT2D eigenvalue weighted by atomic mass is 32.3. The molecule has 25 heavy (non-hydrogen) atoms. The van der Waals surface area contributed by atoms with E-state index < -0.39 is 60.5 Å². The minimum Gasteiger partial charge on any atom is -0.587 e. The Morgan fingerprint density at radius 2 is 1.24 bits per heavy atom. The molecule has 0 radical (unpaired) electrons. The highest BCUT2D eigenvalue weighted by molar-refractivity contribution is 8.04. The molecule has 0 aliphatic carbocycles. The van der Waals surface area contributed by atoms with Gasteiger partial charge in [-0.15, -0.1) is 13.2 Å². The van der Waals surface area contributed by atoms with Crippen molar-refractivity contribution >= 4 is 22.7 Å². The lowest BCUT2D eigenvalue weighted by atomic mass is 10.1. The van der Waals surface area contributed by atoms with Crippen LogP contribution >= 0.6 is 0 Å². The van der Waals surface area contributed by atoms with E-state index in [2.05, 4.69) is 4.84 Å². The number of alkyl halides is 9. The minimum atomic E-state index is -5.51. The first-order valence-corrected chi connectivity index (χ1v) is 7.84. The van der Waals surface area contributed by atoms with Gasteiger partial charge in [-0.1, -0.05) is 0 Å². The summed E-state index contributed by atoms with van der Waals surface area (Å²) in [6.45, 7) is 0. The van der Waals surface area contributed by atoms with Crippen LogP contribution in [0.5, 0.6) is 0 Å². The predicted octanol–water partition coefficient (Wildman–Crippen LogP) is 3.79. The molecule has 15 heteroatoms. The van der Waals surface area contributed by atoms with E-state index in [1.807, 2.05) is 0 Å². The minimum absolute atomic E-state index is 0.0645. The Labute approximate surface area is 140 Å². The first kappa shape index (κ1) is 22.2. The number of nitrogens with zero attached hydrogens (tertiary/aromatic N) is 1. The van der Waals surface area contributed by atoms with Crippen LogP contribution in [0.25, 0.3) is 0 Å². The molecule has 0 amide bonds. The maximum atomic E-state index is 12.7. The summed E-state index contributed by atoms with van der Waals surface area (Å²) in [5.74, 6) is 0. The van der Waals surface area contributed by atoms with Crippen LogP contribution in [0, 0.1) is 0 Å². The van der Waals surface area contributed by atoms with Gasteiger partial charge in [0.1, 0.15) is 0 Å². The molecule has 2 atom stereocenters. The second kappa shape index (κ2) is 7.40. The van der Waals surface area contributed by atoms with Crippen molar-refractivity contribution in [2.24, 2.45) is 0 Å². The summed E-state index contributed by atoms with van der Waals surface area (Å²) in [5.41, 5.74) is -9.32. The average molecular weight is 423 g/mol. The Balaban J connectivity index is 3.43. The molecule has 1 aromatic carbocycles. The molecule has 0 N–H and O–H groups in total. The van der Waals surface area contributed by atoms with E-state index in [-0.39, 0.29) is 18.2 Å². The van der Waals surface area contributed by atoms with Crippen molar-refractivity contribution in [3.05, 3.63) is 29.3 Å². The van der Waals surface area contributed by atoms with Gasteiger partial charge in [0.2, 0.25) is 15.2 Å². The summed E-state index contributed by atoms with van der Waals surface area (Å²) in [6, 6.07) is -0.436. The molecule has 0 fully saturated rings. The lowest BCUT2D eigenvalue weighted by Gasteiger charge is -2.22. The van der Waals surface area contributed by atoms with Crippen LogP contribution in [0.1, 0.15) is 11.1 Å². The summed E-state index contributed by atoms with van der Waals surface area (Å²) >= 11 is -7.51.